The van der Waals surface area contributed by atoms with Gasteiger partial charge in [-0.25, -0.2) is 0 Å². The van der Waals surface area contributed by atoms with Gasteiger partial charge in [0.1, 0.15) is 11.9 Å². The van der Waals surface area contributed by atoms with Crippen LogP contribution in [0.5, 0.6) is 0 Å². The highest BCUT2D eigenvalue weighted by Crippen LogP contribution is 2.65. The molecule has 0 spiro atoms. The molecular weight excluding hydrogens is 316 g/mol. The lowest BCUT2D eigenvalue weighted by Gasteiger charge is -2.61. The predicted molar refractivity (Wildman–Crippen MR) is 93.7 cm³/mol. The van der Waals surface area contributed by atoms with Gasteiger partial charge in [-0.2, -0.15) is 0 Å². The van der Waals surface area contributed by atoms with Crippen molar-refractivity contribution in [1.29, 1.82) is 0 Å². The lowest BCUT2D eigenvalue weighted by molar-refractivity contribution is -0.181. The number of Topliss-reactive ketones (excluding diaryl/α,β-unsaturated/α-hetero) is 1. The molecule has 4 aliphatic rings. The molecule has 0 aromatic heterocycles. The van der Waals surface area contributed by atoms with Crippen LogP contribution >= 0.6 is 0 Å². The summed E-state index contributed by atoms with van der Waals surface area (Å²) in [6.45, 7) is 5.97. The third-order valence-electron chi connectivity index (χ3n) is 8.59. The highest BCUT2D eigenvalue weighted by molar-refractivity contribution is 5.87. The lowest BCUT2D eigenvalue weighted by Crippen LogP contribution is -2.59. The molecule has 0 aromatic carbocycles. The van der Waals surface area contributed by atoms with Crippen LogP contribution < -0.4 is 0 Å². The molecule has 0 bridgehead atoms. The van der Waals surface area contributed by atoms with Crippen molar-refractivity contribution < 1.29 is 19.4 Å². The summed E-state index contributed by atoms with van der Waals surface area (Å²) in [7, 11) is 0. The van der Waals surface area contributed by atoms with Crippen molar-refractivity contribution in [1.82, 2.24) is 0 Å². The van der Waals surface area contributed by atoms with Crippen LogP contribution in [0.4, 0.5) is 0 Å². The Morgan fingerprint density at radius 1 is 1.20 bits per heavy atom. The van der Waals surface area contributed by atoms with E-state index in [0.717, 1.165) is 38.5 Å². The molecule has 0 aliphatic heterocycles. The fraction of sp³-hybridized carbons (Fsp3) is 0.905. The van der Waals surface area contributed by atoms with E-state index in [0.29, 0.717) is 42.3 Å². The Kier molecular flexibility index (Phi) is 4.06. The molecule has 0 saturated heterocycles. The molecule has 0 radical (unpaired) electrons. The fourth-order valence-electron chi connectivity index (χ4n) is 7.46. The van der Waals surface area contributed by atoms with Crippen LogP contribution in [0.1, 0.15) is 72.1 Å². The molecule has 4 nitrogen and oxygen atoms in total. The van der Waals surface area contributed by atoms with Gasteiger partial charge in [-0.1, -0.05) is 13.8 Å². The summed E-state index contributed by atoms with van der Waals surface area (Å²) in [5.41, 5.74) is -0.176. The smallest absolute Gasteiger partial charge is 0.302 e. The van der Waals surface area contributed by atoms with Crippen LogP contribution in [0.2, 0.25) is 0 Å². The number of aliphatic hydroxyl groups excluding tert-OH is 1. The zero-order valence-corrected chi connectivity index (χ0v) is 15.8. The van der Waals surface area contributed by atoms with E-state index in [1.807, 2.05) is 0 Å². The summed E-state index contributed by atoms with van der Waals surface area (Å²) >= 11 is 0. The Morgan fingerprint density at radius 3 is 2.68 bits per heavy atom. The number of ketones is 1. The number of carbonyl (C=O) groups is 2. The predicted octanol–water partition coefficient (Wildman–Crippen LogP) is 3.50. The molecule has 25 heavy (non-hydrogen) atoms. The molecular formula is C21H32O4. The number of esters is 1. The quantitative estimate of drug-likeness (QED) is 0.737. The average molecular weight is 348 g/mol. The van der Waals surface area contributed by atoms with E-state index in [-0.39, 0.29) is 29.0 Å². The van der Waals surface area contributed by atoms with Crippen LogP contribution in [0.25, 0.3) is 0 Å². The first kappa shape index (κ1) is 17.5. The molecule has 0 aromatic rings. The van der Waals surface area contributed by atoms with Gasteiger partial charge >= 0.3 is 5.97 Å². The second-order valence-electron chi connectivity index (χ2n) is 9.73. The minimum atomic E-state index is -0.369. The van der Waals surface area contributed by atoms with Gasteiger partial charge in [-0.3, -0.25) is 9.59 Å². The number of ether oxygens (including phenoxy) is 1. The SMILES string of the molecule is CC(=O)O[C@H]1CC[C@@]2(C)[C@@H](CC[C@@H]3[C@@H]2[C@@H](O)C[C@]2(C)C(=O)CC[C@@H]32)C1. The minimum absolute atomic E-state index is 0.0474. The Labute approximate surface area is 150 Å². The number of fused-ring (bicyclic) bond motifs is 5. The third-order valence-corrected chi connectivity index (χ3v) is 8.59. The van der Waals surface area contributed by atoms with Gasteiger partial charge in [0.15, 0.2) is 0 Å². The molecule has 4 rings (SSSR count). The average Bonchev–Trinajstić information content (AvgIpc) is 2.82. The maximum atomic E-state index is 12.5. The Balaban J connectivity index is 1.59. The third kappa shape index (κ3) is 2.50. The van der Waals surface area contributed by atoms with Crippen molar-refractivity contribution in [3.05, 3.63) is 0 Å². The highest BCUT2D eigenvalue weighted by atomic mass is 16.5. The molecule has 140 valence electrons. The van der Waals surface area contributed by atoms with Gasteiger partial charge in [-0.05, 0) is 74.0 Å². The van der Waals surface area contributed by atoms with Crippen LogP contribution in [-0.4, -0.2) is 29.1 Å². The van der Waals surface area contributed by atoms with Crippen molar-refractivity contribution in [3.63, 3.8) is 0 Å². The molecule has 4 saturated carbocycles. The number of hydrogen-bond acceptors (Lipinski definition) is 4. The van der Waals surface area contributed by atoms with E-state index >= 15 is 0 Å². The van der Waals surface area contributed by atoms with E-state index in [1.54, 1.807) is 0 Å². The molecule has 1 N–H and O–H groups in total. The van der Waals surface area contributed by atoms with Crippen LogP contribution in [0.15, 0.2) is 0 Å². The molecule has 8 atom stereocenters. The molecule has 0 heterocycles. The van der Waals surface area contributed by atoms with Crippen molar-refractivity contribution in [2.24, 2.45) is 34.5 Å². The molecule has 0 amide bonds. The largest absolute Gasteiger partial charge is 0.463 e. The zero-order valence-electron chi connectivity index (χ0n) is 15.8. The van der Waals surface area contributed by atoms with E-state index < -0.39 is 0 Å². The van der Waals surface area contributed by atoms with E-state index in [2.05, 4.69) is 13.8 Å². The van der Waals surface area contributed by atoms with Crippen molar-refractivity contribution >= 4 is 11.8 Å². The maximum absolute atomic E-state index is 12.5. The molecule has 4 fully saturated rings. The number of hydrogen-bond donors (Lipinski definition) is 1. The number of aliphatic hydroxyl groups is 1. The van der Waals surface area contributed by atoms with Crippen molar-refractivity contribution in [2.75, 3.05) is 0 Å². The molecule has 4 heteroatoms. The van der Waals surface area contributed by atoms with Crippen LogP contribution in [-0.2, 0) is 14.3 Å². The second kappa shape index (κ2) is 5.80. The summed E-state index contributed by atoms with van der Waals surface area (Å²) < 4.78 is 5.50. The normalized spacial score (nSPS) is 52.1. The van der Waals surface area contributed by atoms with Crippen LogP contribution in [0, 0.1) is 34.5 Å². The van der Waals surface area contributed by atoms with Gasteiger partial charge < -0.3 is 9.84 Å². The van der Waals surface area contributed by atoms with Gasteiger partial charge in [-0.15, -0.1) is 0 Å². The molecule has 0 unspecified atom stereocenters. The topological polar surface area (TPSA) is 63.6 Å². The number of carbonyl (C=O) groups excluding carboxylic acids is 2. The summed E-state index contributed by atoms with van der Waals surface area (Å²) in [4.78, 5) is 23.8. The maximum Gasteiger partial charge on any atom is 0.302 e. The standard InChI is InChI=1S/C21H32O4/c1-12(22)25-14-8-9-20(2)13(10-14)4-5-15-16-6-7-18(24)21(16,3)11-17(23)19(15)20/h13-17,19,23H,4-11H2,1-3H3/t13-,14-,15-,16-,17-,19+,20-,21-/m0/s1. The molecule has 4 aliphatic carbocycles. The Morgan fingerprint density at radius 2 is 1.96 bits per heavy atom. The van der Waals surface area contributed by atoms with Crippen molar-refractivity contribution in [2.45, 2.75) is 84.3 Å². The van der Waals surface area contributed by atoms with Gasteiger partial charge in [0, 0.05) is 18.8 Å². The number of rotatable bonds is 1. The first-order chi connectivity index (χ1) is 11.8. The van der Waals surface area contributed by atoms with E-state index in [1.165, 1.54) is 6.92 Å². The summed E-state index contributed by atoms with van der Waals surface area (Å²) in [6.07, 6.45) is 7.16. The Hall–Kier alpha value is -0.900. The first-order valence-electron chi connectivity index (χ1n) is 10.1. The lowest BCUT2D eigenvalue weighted by atomic mass is 9.44. The summed E-state index contributed by atoms with van der Waals surface area (Å²) in [5.74, 6) is 1.95. The van der Waals surface area contributed by atoms with Crippen LogP contribution in [0.3, 0.4) is 0 Å². The minimum Gasteiger partial charge on any atom is -0.463 e. The fourth-order valence-corrected chi connectivity index (χ4v) is 7.46. The second-order valence-corrected chi connectivity index (χ2v) is 9.73. The first-order valence-corrected chi connectivity index (χ1v) is 10.1. The highest BCUT2D eigenvalue weighted by Gasteiger charge is 2.63. The van der Waals surface area contributed by atoms with E-state index in [9.17, 15) is 14.7 Å². The van der Waals surface area contributed by atoms with Gasteiger partial charge in [0.2, 0.25) is 0 Å². The van der Waals surface area contributed by atoms with Crippen molar-refractivity contribution in [3.8, 4) is 0 Å². The monoisotopic (exact) mass is 348 g/mol. The zero-order chi connectivity index (χ0) is 18.0. The summed E-state index contributed by atoms with van der Waals surface area (Å²) in [6, 6.07) is 0. The Bertz CT molecular complexity index is 586. The summed E-state index contributed by atoms with van der Waals surface area (Å²) in [5, 5.41) is 11.1. The van der Waals surface area contributed by atoms with Gasteiger partial charge in [0.05, 0.1) is 6.10 Å². The van der Waals surface area contributed by atoms with Gasteiger partial charge in [0.25, 0.3) is 0 Å². The van der Waals surface area contributed by atoms with E-state index in [4.69, 9.17) is 4.74 Å².